The van der Waals surface area contributed by atoms with Crippen molar-refractivity contribution in [3.63, 3.8) is 0 Å². The fourth-order valence-corrected chi connectivity index (χ4v) is 4.55. The van der Waals surface area contributed by atoms with Gasteiger partial charge in [0.05, 0.1) is 11.7 Å². The van der Waals surface area contributed by atoms with Crippen LogP contribution in [0.25, 0.3) is 21.3 Å². The third kappa shape index (κ3) is 3.59. The van der Waals surface area contributed by atoms with E-state index in [0.29, 0.717) is 24.9 Å². The minimum absolute atomic E-state index is 0.0806. The summed E-state index contributed by atoms with van der Waals surface area (Å²) >= 11 is 1.48. The molecule has 6 nitrogen and oxygen atoms in total. The van der Waals surface area contributed by atoms with E-state index in [-0.39, 0.29) is 17.5 Å². The molecule has 28 heavy (non-hydrogen) atoms. The smallest absolute Gasteiger partial charge is 0.262 e. The second-order valence-corrected chi connectivity index (χ2v) is 8.19. The molecule has 1 fully saturated rings. The zero-order valence-electron chi connectivity index (χ0n) is 16.1. The average Bonchev–Trinajstić information content (AvgIpc) is 3.13. The van der Waals surface area contributed by atoms with Gasteiger partial charge in [0, 0.05) is 49.6 Å². The van der Waals surface area contributed by atoms with E-state index in [1.54, 1.807) is 10.9 Å². The molecule has 1 atom stereocenters. The molecule has 0 spiro atoms. The molecule has 0 aliphatic carbocycles. The van der Waals surface area contributed by atoms with Gasteiger partial charge in [-0.05, 0) is 19.4 Å². The second-order valence-electron chi connectivity index (χ2n) is 7.33. The van der Waals surface area contributed by atoms with Gasteiger partial charge in [0.2, 0.25) is 5.91 Å². The molecule has 0 unspecified atom stereocenters. The molecule has 3 aromatic rings. The average molecular weight is 397 g/mol. The number of nitrogens with one attached hydrogen (secondary N) is 1. The Kier molecular flexibility index (Phi) is 5.28. The highest BCUT2D eigenvalue weighted by atomic mass is 32.1. The Labute approximate surface area is 167 Å². The van der Waals surface area contributed by atoms with Crippen molar-refractivity contribution in [2.75, 3.05) is 19.6 Å². The molecule has 1 amide bonds. The lowest BCUT2D eigenvalue weighted by atomic mass is 10.1. The minimum atomic E-state index is -0.0806. The summed E-state index contributed by atoms with van der Waals surface area (Å²) in [5.41, 5.74) is 3.02. The molecule has 3 heterocycles. The van der Waals surface area contributed by atoms with Gasteiger partial charge in [-0.15, -0.1) is 11.3 Å². The van der Waals surface area contributed by atoms with Crippen LogP contribution in [-0.2, 0) is 11.3 Å². The normalized spacial score (nSPS) is 17.2. The predicted octanol–water partition coefficient (Wildman–Crippen LogP) is 2.64. The summed E-state index contributed by atoms with van der Waals surface area (Å²) in [6, 6.07) is 8.33. The SMILES string of the molecule is Cc1ccc(-c2csc3ncn(CCC(=O)N4CCNC[C@H]4C)c(=O)c23)cc1. The number of nitrogens with zero attached hydrogens (tertiary/aromatic N) is 3. The monoisotopic (exact) mass is 396 g/mol. The van der Waals surface area contributed by atoms with Crippen LogP contribution in [0.15, 0.2) is 40.8 Å². The molecule has 146 valence electrons. The molecule has 4 rings (SSSR count). The van der Waals surface area contributed by atoms with E-state index < -0.39 is 0 Å². The van der Waals surface area contributed by atoms with Crippen molar-refractivity contribution in [2.45, 2.75) is 32.9 Å². The van der Waals surface area contributed by atoms with Crippen LogP contribution in [0.4, 0.5) is 0 Å². The largest absolute Gasteiger partial charge is 0.337 e. The number of carbonyl (C=O) groups is 1. The number of aromatic nitrogens is 2. The van der Waals surface area contributed by atoms with Gasteiger partial charge in [0.15, 0.2) is 0 Å². The summed E-state index contributed by atoms with van der Waals surface area (Å²) in [6.07, 6.45) is 1.87. The summed E-state index contributed by atoms with van der Waals surface area (Å²) in [5.74, 6) is 0.0880. The van der Waals surface area contributed by atoms with E-state index >= 15 is 0 Å². The van der Waals surface area contributed by atoms with Gasteiger partial charge >= 0.3 is 0 Å². The summed E-state index contributed by atoms with van der Waals surface area (Å²) in [6.45, 7) is 6.78. The lowest BCUT2D eigenvalue weighted by Gasteiger charge is -2.34. The van der Waals surface area contributed by atoms with E-state index in [2.05, 4.69) is 10.3 Å². The Balaban J connectivity index is 1.59. The Morgan fingerprint density at radius 1 is 1.32 bits per heavy atom. The quantitative estimate of drug-likeness (QED) is 0.736. The first-order valence-electron chi connectivity index (χ1n) is 9.58. The molecule has 1 aliphatic rings. The first kappa shape index (κ1) is 18.8. The third-order valence-corrected chi connectivity index (χ3v) is 6.20. The maximum absolute atomic E-state index is 13.1. The summed E-state index contributed by atoms with van der Waals surface area (Å²) in [5, 5.41) is 5.91. The van der Waals surface area contributed by atoms with Crippen LogP contribution in [0.3, 0.4) is 0 Å². The predicted molar refractivity (Wildman–Crippen MR) is 113 cm³/mol. The van der Waals surface area contributed by atoms with Crippen molar-refractivity contribution < 1.29 is 4.79 Å². The Hall–Kier alpha value is -2.51. The molecule has 1 aromatic carbocycles. The number of hydrogen-bond donors (Lipinski definition) is 1. The van der Waals surface area contributed by atoms with Gasteiger partial charge in [-0.1, -0.05) is 29.8 Å². The van der Waals surface area contributed by atoms with E-state index in [9.17, 15) is 9.59 Å². The van der Waals surface area contributed by atoms with E-state index in [1.165, 1.54) is 16.9 Å². The maximum Gasteiger partial charge on any atom is 0.262 e. The van der Waals surface area contributed by atoms with Crippen LogP contribution >= 0.6 is 11.3 Å². The van der Waals surface area contributed by atoms with E-state index in [4.69, 9.17) is 0 Å². The topological polar surface area (TPSA) is 67.2 Å². The van der Waals surface area contributed by atoms with Crippen LogP contribution in [0.5, 0.6) is 0 Å². The van der Waals surface area contributed by atoms with Crippen molar-refractivity contribution in [1.29, 1.82) is 0 Å². The molecule has 1 saturated heterocycles. The van der Waals surface area contributed by atoms with Gasteiger partial charge in [-0.25, -0.2) is 4.98 Å². The van der Waals surface area contributed by atoms with Crippen molar-refractivity contribution in [1.82, 2.24) is 19.8 Å². The number of piperazine rings is 1. The molecular weight excluding hydrogens is 372 g/mol. The molecule has 2 aromatic heterocycles. The van der Waals surface area contributed by atoms with E-state index in [1.807, 2.05) is 48.4 Å². The number of thiophene rings is 1. The van der Waals surface area contributed by atoms with Gasteiger partial charge in [0.1, 0.15) is 4.83 Å². The molecular formula is C21H24N4O2S. The van der Waals surface area contributed by atoms with Crippen LogP contribution in [0.2, 0.25) is 0 Å². The van der Waals surface area contributed by atoms with Crippen LogP contribution in [-0.4, -0.2) is 46.0 Å². The molecule has 1 aliphatic heterocycles. The number of benzene rings is 1. The summed E-state index contributed by atoms with van der Waals surface area (Å²) in [7, 11) is 0. The highest BCUT2D eigenvalue weighted by Gasteiger charge is 2.23. The van der Waals surface area contributed by atoms with Gasteiger partial charge in [-0.3, -0.25) is 14.2 Å². The first-order valence-corrected chi connectivity index (χ1v) is 10.5. The highest BCUT2D eigenvalue weighted by molar-refractivity contribution is 7.17. The number of fused-ring (bicyclic) bond motifs is 1. The second kappa shape index (κ2) is 7.85. The zero-order chi connectivity index (χ0) is 19.7. The molecule has 1 N–H and O–H groups in total. The summed E-state index contributed by atoms with van der Waals surface area (Å²) < 4.78 is 1.57. The molecule has 0 saturated carbocycles. The van der Waals surface area contributed by atoms with Crippen molar-refractivity contribution in [2.24, 2.45) is 0 Å². The Morgan fingerprint density at radius 3 is 2.86 bits per heavy atom. The lowest BCUT2D eigenvalue weighted by Crippen LogP contribution is -2.52. The molecule has 0 radical (unpaired) electrons. The van der Waals surface area contributed by atoms with Crippen molar-refractivity contribution >= 4 is 27.5 Å². The number of aryl methyl sites for hydroxylation is 2. The van der Waals surface area contributed by atoms with Gasteiger partial charge in [-0.2, -0.15) is 0 Å². The van der Waals surface area contributed by atoms with Crippen LogP contribution in [0, 0.1) is 6.92 Å². The zero-order valence-corrected chi connectivity index (χ0v) is 17.0. The van der Waals surface area contributed by atoms with Crippen molar-refractivity contribution in [3.8, 4) is 11.1 Å². The van der Waals surface area contributed by atoms with Gasteiger partial charge < -0.3 is 10.2 Å². The fraction of sp³-hybridized carbons (Fsp3) is 0.381. The first-order chi connectivity index (χ1) is 13.5. The van der Waals surface area contributed by atoms with Crippen LogP contribution < -0.4 is 10.9 Å². The fourth-order valence-electron chi connectivity index (χ4n) is 3.64. The lowest BCUT2D eigenvalue weighted by molar-refractivity contribution is -0.134. The summed E-state index contributed by atoms with van der Waals surface area (Å²) in [4.78, 5) is 32.8. The standard InChI is InChI=1S/C21H24N4O2S/c1-14-3-5-16(6-4-14)17-12-28-20-19(17)21(27)24(13-23-20)9-7-18(26)25-10-8-22-11-15(25)2/h3-6,12-13,15,22H,7-11H2,1-2H3/t15-/m1/s1. The Morgan fingerprint density at radius 2 is 2.11 bits per heavy atom. The molecule has 7 heteroatoms. The van der Waals surface area contributed by atoms with E-state index in [0.717, 1.165) is 29.0 Å². The molecule has 0 bridgehead atoms. The number of hydrogen-bond acceptors (Lipinski definition) is 5. The maximum atomic E-state index is 13.1. The van der Waals surface area contributed by atoms with Crippen molar-refractivity contribution in [3.05, 3.63) is 51.9 Å². The number of carbonyl (C=O) groups excluding carboxylic acids is 1. The third-order valence-electron chi connectivity index (χ3n) is 5.31. The number of amides is 1. The van der Waals surface area contributed by atoms with Gasteiger partial charge in [0.25, 0.3) is 5.56 Å². The minimum Gasteiger partial charge on any atom is -0.337 e. The van der Waals surface area contributed by atoms with Crippen LogP contribution in [0.1, 0.15) is 18.9 Å². The Bertz CT molecular complexity index is 1050. The highest BCUT2D eigenvalue weighted by Crippen LogP contribution is 2.30. The number of rotatable bonds is 4.